The molecule has 0 aromatic heterocycles. The Balaban J connectivity index is 1.61. The first-order chi connectivity index (χ1) is 11.6. The van der Waals surface area contributed by atoms with Crippen LogP contribution in [0.5, 0.6) is 0 Å². The van der Waals surface area contributed by atoms with E-state index in [0.29, 0.717) is 10.0 Å². The van der Waals surface area contributed by atoms with Crippen molar-refractivity contribution in [2.75, 3.05) is 13.1 Å². The van der Waals surface area contributed by atoms with Gasteiger partial charge in [-0.1, -0.05) is 30.3 Å². The molecule has 0 radical (unpaired) electrons. The minimum absolute atomic E-state index is 0.0881. The molecule has 3 nitrogen and oxygen atoms in total. The minimum atomic E-state index is -0.405. The predicted molar refractivity (Wildman–Crippen MR) is 96.3 cm³/mol. The van der Waals surface area contributed by atoms with E-state index in [2.05, 4.69) is 38.3 Å². The predicted octanol–water partition coefficient (Wildman–Crippen LogP) is 3.98. The number of nitrogens with one attached hydrogen (secondary N) is 1. The summed E-state index contributed by atoms with van der Waals surface area (Å²) < 4.78 is 14.0. The Morgan fingerprint density at radius 3 is 2.83 bits per heavy atom. The summed E-state index contributed by atoms with van der Waals surface area (Å²) in [5, 5.41) is 3.04. The fourth-order valence-corrected chi connectivity index (χ4v) is 3.52. The first-order valence-electron chi connectivity index (χ1n) is 8.14. The number of amides is 1. The van der Waals surface area contributed by atoms with Gasteiger partial charge < -0.3 is 5.32 Å². The maximum atomic E-state index is 13.4. The van der Waals surface area contributed by atoms with Crippen molar-refractivity contribution in [3.05, 3.63) is 69.9 Å². The van der Waals surface area contributed by atoms with E-state index in [1.807, 2.05) is 18.2 Å². The molecule has 1 aliphatic rings. The van der Waals surface area contributed by atoms with Gasteiger partial charge in [-0.25, -0.2) is 4.39 Å². The van der Waals surface area contributed by atoms with Gasteiger partial charge in [0.15, 0.2) is 0 Å². The number of hydrogen-bond acceptors (Lipinski definition) is 2. The number of halogens is 2. The topological polar surface area (TPSA) is 32.3 Å². The second-order valence-electron chi connectivity index (χ2n) is 6.16. The molecule has 1 atom stereocenters. The van der Waals surface area contributed by atoms with Crippen LogP contribution in [0.4, 0.5) is 4.39 Å². The fourth-order valence-electron chi connectivity index (χ4n) is 3.09. The highest BCUT2D eigenvalue weighted by Crippen LogP contribution is 2.19. The van der Waals surface area contributed by atoms with Gasteiger partial charge in [0, 0.05) is 23.6 Å². The zero-order valence-electron chi connectivity index (χ0n) is 13.3. The van der Waals surface area contributed by atoms with Crippen LogP contribution >= 0.6 is 15.9 Å². The molecule has 0 aliphatic carbocycles. The second-order valence-corrected chi connectivity index (χ2v) is 7.01. The molecule has 2 aromatic carbocycles. The van der Waals surface area contributed by atoms with Gasteiger partial charge in [0.05, 0.1) is 5.56 Å². The summed E-state index contributed by atoms with van der Waals surface area (Å²) in [6, 6.07) is 14.6. The Kier molecular flexibility index (Phi) is 5.63. The van der Waals surface area contributed by atoms with Crippen molar-refractivity contribution in [2.24, 2.45) is 0 Å². The van der Waals surface area contributed by atoms with Crippen LogP contribution in [0.1, 0.15) is 28.8 Å². The maximum absolute atomic E-state index is 13.4. The van der Waals surface area contributed by atoms with Crippen LogP contribution in [0.2, 0.25) is 0 Å². The van der Waals surface area contributed by atoms with Gasteiger partial charge in [-0.2, -0.15) is 0 Å². The molecule has 24 heavy (non-hydrogen) atoms. The third-order valence-corrected chi connectivity index (χ3v) is 4.95. The van der Waals surface area contributed by atoms with Gasteiger partial charge >= 0.3 is 0 Å². The Hall–Kier alpha value is -1.72. The highest BCUT2D eigenvalue weighted by Gasteiger charge is 2.22. The van der Waals surface area contributed by atoms with Crippen LogP contribution < -0.4 is 5.32 Å². The third kappa shape index (κ3) is 4.42. The molecule has 1 fully saturated rings. The second kappa shape index (κ2) is 7.90. The number of likely N-dealkylation sites (tertiary alicyclic amines) is 1. The Labute approximate surface area is 150 Å². The lowest BCUT2D eigenvalue weighted by molar-refractivity contribution is 0.0899. The highest BCUT2D eigenvalue weighted by molar-refractivity contribution is 9.10. The van der Waals surface area contributed by atoms with Gasteiger partial charge in [-0.15, -0.1) is 0 Å². The number of carbonyl (C=O) groups excluding carboxylic acids is 1. The molecule has 1 amide bonds. The molecule has 0 saturated carbocycles. The van der Waals surface area contributed by atoms with Crippen molar-refractivity contribution in [2.45, 2.75) is 25.4 Å². The summed E-state index contributed by atoms with van der Waals surface area (Å²) in [7, 11) is 0. The van der Waals surface area contributed by atoms with E-state index < -0.39 is 5.82 Å². The summed E-state index contributed by atoms with van der Waals surface area (Å²) in [5.74, 6) is -0.634. The van der Waals surface area contributed by atoms with E-state index in [9.17, 15) is 9.18 Å². The number of piperidine rings is 1. The zero-order valence-corrected chi connectivity index (χ0v) is 14.9. The molecule has 1 N–H and O–H groups in total. The Morgan fingerprint density at radius 1 is 1.25 bits per heavy atom. The summed E-state index contributed by atoms with van der Waals surface area (Å²) in [6.07, 6.45) is 1.99. The minimum Gasteiger partial charge on any atom is -0.348 e. The first kappa shape index (κ1) is 17.1. The SMILES string of the molecule is O=C(N[C@H]1CCCN(Cc2ccccc2)C1)c1cc(F)ccc1Br. The van der Waals surface area contributed by atoms with E-state index in [4.69, 9.17) is 0 Å². The van der Waals surface area contributed by atoms with E-state index in [1.165, 1.54) is 17.7 Å². The molecule has 5 heteroatoms. The monoisotopic (exact) mass is 390 g/mol. The first-order valence-corrected chi connectivity index (χ1v) is 8.93. The average Bonchev–Trinajstić information content (AvgIpc) is 2.58. The lowest BCUT2D eigenvalue weighted by atomic mass is 10.0. The van der Waals surface area contributed by atoms with Crippen molar-refractivity contribution >= 4 is 21.8 Å². The summed E-state index contributed by atoms with van der Waals surface area (Å²) in [4.78, 5) is 14.8. The number of hydrogen-bond donors (Lipinski definition) is 1. The number of nitrogens with zero attached hydrogens (tertiary/aromatic N) is 1. The normalized spacial score (nSPS) is 18.3. The van der Waals surface area contributed by atoms with Gasteiger partial charge in [0.25, 0.3) is 5.91 Å². The Morgan fingerprint density at radius 2 is 2.04 bits per heavy atom. The number of carbonyl (C=O) groups is 1. The molecule has 2 aromatic rings. The van der Waals surface area contributed by atoms with Gasteiger partial charge in [0.2, 0.25) is 0 Å². The third-order valence-electron chi connectivity index (χ3n) is 4.26. The lowest BCUT2D eigenvalue weighted by Gasteiger charge is -2.33. The van der Waals surface area contributed by atoms with Crippen molar-refractivity contribution in [1.82, 2.24) is 10.2 Å². The number of rotatable bonds is 4. The summed E-state index contributed by atoms with van der Waals surface area (Å²) in [5.41, 5.74) is 1.62. The fraction of sp³-hybridized carbons (Fsp3) is 0.316. The molecule has 0 unspecified atom stereocenters. The quantitative estimate of drug-likeness (QED) is 0.855. The summed E-state index contributed by atoms with van der Waals surface area (Å²) in [6.45, 7) is 2.73. The van der Waals surface area contributed by atoms with Gasteiger partial charge in [-0.05, 0) is 59.1 Å². The van der Waals surface area contributed by atoms with E-state index >= 15 is 0 Å². The van der Waals surface area contributed by atoms with E-state index in [0.717, 1.165) is 32.5 Å². The van der Waals surface area contributed by atoms with Gasteiger partial charge in [0.1, 0.15) is 5.82 Å². The smallest absolute Gasteiger partial charge is 0.252 e. The maximum Gasteiger partial charge on any atom is 0.252 e. The Bertz CT molecular complexity index is 708. The van der Waals surface area contributed by atoms with Gasteiger partial charge in [-0.3, -0.25) is 9.69 Å². The van der Waals surface area contributed by atoms with Crippen LogP contribution in [0.15, 0.2) is 53.0 Å². The van der Waals surface area contributed by atoms with Crippen LogP contribution in [0.25, 0.3) is 0 Å². The standard InChI is InChI=1S/C19H20BrFN2O/c20-18-9-8-15(21)11-17(18)19(24)22-16-7-4-10-23(13-16)12-14-5-2-1-3-6-14/h1-3,5-6,8-9,11,16H,4,7,10,12-13H2,(H,22,24)/t16-/m0/s1. The average molecular weight is 391 g/mol. The van der Waals surface area contributed by atoms with Crippen LogP contribution in [0, 0.1) is 5.82 Å². The molecular weight excluding hydrogens is 371 g/mol. The molecule has 1 aliphatic heterocycles. The van der Waals surface area contributed by atoms with E-state index in [1.54, 1.807) is 6.07 Å². The molecule has 0 bridgehead atoms. The highest BCUT2D eigenvalue weighted by atomic mass is 79.9. The molecule has 1 heterocycles. The molecule has 1 saturated heterocycles. The number of benzene rings is 2. The molecular formula is C19H20BrFN2O. The van der Waals surface area contributed by atoms with Crippen molar-refractivity contribution in [3.8, 4) is 0 Å². The molecule has 0 spiro atoms. The summed E-state index contributed by atoms with van der Waals surface area (Å²) >= 11 is 3.31. The zero-order chi connectivity index (χ0) is 16.9. The van der Waals surface area contributed by atoms with Crippen LogP contribution in [0.3, 0.4) is 0 Å². The van der Waals surface area contributed by atoms with Crippen molar-refractivity contribution < 1.29 is 9.18 Å². The largest absolute Gasteiger partial charge is 0.348 e. The van der Waals surface area contributed by atoms with Crippen LogP contribution in [-0.2, 0) is 6.54 Å². The van der Waals surface area contributed by atoms with Crippen molar-refractivity contribution in [3.63, 3.8) is 0 Å². The molecule has 3 rings (SSSR count). The lowest BCUT2D eigenvalue weighted by Crippen LogP contribution is -2.47. The van der Waals surface area contributed by atoms with E-state index in [-0.39, 0.29) is 11.9 Å². The van der Waals surface area contributed by atoms with Crippen molar-refractivity contribution in [1.29, 1.82) is 0 Å². The van der Waals surface area contributed by atoms with Crippen LogP contribution in [-0.4, -0.2) is 29.9 Å². The molecule has 126 valence electrons.